The molecule has 158 valence electrons. The van der Waals surface area contributed by atoms with Crippen molar-refractivity contribution in [1.82, 2.24) is 9.80 Å². The first kappa shape index (κ1) is 20.1. The molecule has 2 aliphatic rings. The number of nitrogens with zero attached hydrogens (tertiary/aromatic N) is 2. The van der Waals surface area contributed by atoms with Crippen LogP contribution in [0.2, 0.25) is 0 Å². The highest BCUT2D eigenvalue weighted by molar-refractivity contribution is 8.01. The van der Waals surface area contributed by atoms with Crippen molar-refractivity contribution in [1.29, 1.82) is 0 Å². The first-order valence-corrected chi connectivity index (χ1v) is 11.9. The molecule has 2 heterocycles. The Kier molecular flexibility index (Phi) is 5.45. The van der Waals surface area contributed by atoms with Gasteiger partial charge in [0.25, 0.3) is 5.91 Å². The molecule has 1 spiro atoms. The van der Waals surface area contributed by atoms with E-state index in [1.807, 2.05) is 59.5 Å². The van der Waals surface area contributed by atoms with Gasteiger partial charge in [-0.15, -0.1) is 11.8 Å². The van der Waals surface area contributed by atoms with E-state index in [9.17, 15) is 9.59 Å². The molecule has 0 radical (unpaired) electrons. The van der Waals surface area contributed by atoms with Gasteiger partial charge in [-0.3, -0.25) is 9.59 Å². The van der Waals surface area contributed by atoms with Gasteiger partial charge in [-0.2, -0.15) is 0 Å². The summed E-state index contributed by atoms with van der Waals surface area (Å²) in [4.78, 5) is 29.7. The third-order valence-electron chi connectivity index (χ3n) is 6.55. The quantitative estimate of drug-likeness (QED) is 0.608. The molecular weight excluding hydrogens is 404 g/mol. The summed E-state index contributed by atoms with van der Waals surface area (Å²) in [6, 6.07) is 24.4. The first-order chi connectivity index (χ1) is 15.1. The maximum atomic E-state index is 13.1. The van der Waals surface area contributed by atoms with Crippen LogP contribution in [0.15, 0.2) is 72.8 Å². The van der Waals surface area contributed by atoms with Crippen LogP contribution in [0, 0.1) is 0 Å². The lowest BCUT2D eigenvalue weighted by atomic mass is 9.99. The van der Waals surface area contributed by atoms with Crippen molar-refractivity contribution >= 4 is 34.3 Å². The fourth-order valence-corrected chi connectivity index (χ4v) is 6.14. The number of piperidine rings is 1. The SMILES string of the molecule is O=C(c1ccc2ccccc2c1)N1CCC2(CC1)SCC(=O)N2CCc1ccccc1. The fourth-order valence-electron chi connectivity index (χ4n) is 4.77. The molecule has 5 rings (SSSR count). The standard InChI is InChI=1S/C26H26N2O2S/c29-24-19-31-26(28(24)15-12-20-6-2-1-3-7-20)13-16-27(17-14-26)25(30)23-11-10-21-8-4-5-9-22(21)18-23/h1-11,18H,12-17,19H2. The molecule has 0 aromatic heterocycles. The highest BCUT2D eigenvalue weighted by atomic mass is 32.2. The highest BCUT2D eigenvalue weighted by Crippen LogP contribution is 2.44. The van der Waals surface area contributed by atoms with E-state index < -0.39 is 0 Å². The lowest BCUT2D eigenvalue weighted by Crippen LogP contribution is -2.53. The molecular formula is C26H26N2O2S. The molecule has 0 bridgehead atoms. The summed E-state index contributed by atoms with van der Waals surface area (Å²) >= 11 is 1.77. The number of carbonyl (C=O) groups is 2. The fraction of sp³-hybridized carbons (Fsp3) is 0.308. The number of benzene rings is 3. The van der Waals surface area contributed by atoms with Gasteiger partial charge in [-0.05, 0) is 47.7 Å². The average Bonchev–Trinajstić information content (AvgIpc) is 3.12. The molecule has 2 amide bonds. The Morgan fingerprint density at radius 2 is 1.61 bits per heavy atom. The van der Waals surface area contributed by atoms with E-state index in [-0.39, 0.29) is 16.7 Å². The minimum absolute atomic E-state index is 0.0887. The Morgan fingerprint density at radius 1 is 0.903 bits per heavy atom. The van der Waals surface area contributed by atoms with Gasteiger partial charge in [0, 0.05) is 25.2 Å². The summed E-state index contributed by atoms with van der Waals surface area (Å²) in [6.07, 6.45) is 2.53. The van der Waals surface area contributed by atoms with Gasteiger partial charge in [0.1, 0.15) is 0 Å². The highest BCUT2D eigenvalue weighted by Gasteiger charge is 2.48. The second kappa shape index (κ2) is 8.39. The van der Waals surface area contributed by atoms with E-state index in [0.717, 1.165) is 42.1 Å². The minimum Gasteiger partial charge on any atom is -0.338 e. The van der Waals surface area contributed by atoms with Crippen molar-refractivity contribution in [3.63, 3.8) is 0 Å². The Hall–Kier alpha value is -2.79. The topological polar surface area (TPSA) is 40.6 Å². The van der Waals surface area contributed by atoms with Gasteiger partial charge in [-0.1, -0.05) is 60.7 Å². The summed E-state index contributed by atoms with van der Waals surface area (Å²) in [5, 5.41) is 2.23. The molecule has 2 aliphatic heterocycles. The molecule has 0 atom stereocenters. The van der Waals surface area contributed by atoms with E-state index in [1.54, 1.807) is 11.8 Å². The molecule has 2 saturated heterocycles. The van der Waals surface area contributed by atoms with Gasteiger partial charge in [0.2, 0.25) is 5.91 Å². The maximum absolute atomic E-state index is 13.1. The summed E-state index contributed by atoms with van der Waals surface area (Å²) in [7, 11) is 0. The zero-order valence-corrected chi connectivity index (χ0v) is 18.3. The minimum atomic E-state index is -0.161. The average molecular weight is 431 g/mol. The van der Waals surface area contributed by atoms with Gasteiger partial charge in [0.05, 0.1) is 10.6 Å². The van der Waals surface area contributed by atoms with Crippen molar-refractivity contribution in [2.24, 2.45) is 0 Å². The Balaban J connectivity index is 1.26. The summed E-state index contributed by atoms with van der Waals surface area (Å²) < 4.78 is 0. The van der Waals surface area contributed by atoms with Crippen LogP contribution in [-0.4, -0.2) is 51.9 Å². The van der Waals surface area contributed by atoms with Crippen LogP contribution >= 0.6 is 11.8 Å². The molecule has 0 N–H and O–H groups in total. The number of hydrogen-bond acceptors (Lipinski definition) is 3. The number of hydrogen-bond donors (Lipinski definition) is 0. The van der Waals surface area contributed by atoms with E-state index in [2.05, 4.69) is 23.1 Å². The Morgan fingerprint density at radius 3 is 2.39 bits per heavy atom. The number of thioether (sulfide) groups is 1. The number of fused-ring (bicyclic) bond motifs is 1. The van der Waals surface area contributed by atoms with E-state index >= 15 is 0 Å². The van der Waals surface area contributed by atoms with Gasteiger partial charge in [-0.25, -0.2) is 0 Å². The zero-order valence-electron chi connectivity index (χ0n) is 17.5. The summed E-state index contributed by atoms with van der Waals surface area (Å²) in [5.41, 5.74) is 2.00. The molecule has 31 heavy (non-hydrogen) atoms. The molecule has 2 fully saturated rings. The van der Waals surface area contributed by atoms with Gasteiger partial charge in [0.15, 0.2) is 0 Å². The van der Waals surface area contributed by atoms with Crippen molar-refractivity contribution < 1.29 is 9.59 Å². The molecule has 0 unspecified atom stereocenters. The second-order valence-electron chi connectivity index (χ2n) is 8.37. The van der Waals surface area contributed by atoms with E-state index in [4.69, 9.17) is 0 Å². The van der Waals surface area contributed by atoms with Crippen LogP contribution in [0.1, 0.15) is 28.8 Å². The predicted octanol–water partition coefficient (Wildman–Crippen LogP) is 4.59. The van der Waals surface area contributed by atoms with Gasteiger partial charge < -0.3 is 9.80 Å². The monoisotopic (exact) mass is 430 g/mol. The molecule has 5 heteroatoms. The largest absolute Gasteiger partial charge is 0.338 e. The smallest absolute Gasteiger partial charge is 0.253 e. The van der Waals surface area contributed by atoms with Crippen molar-refractivity contribution in [2.75, 3.05) is 25.4 Å². The van der Waals surface area contributed by atoms with Crippen LogP contribution in [0.25, 0.3) is 10.8 Å². The Bertz CT molecular complexity index is 1110. The van der Waals surface area contributed by atoms with Crippen molar-refractivity contribution in [3.8, 4) is 0 Å². The summed E-state index contributed by atoms with van der Waals surface area (Å²) in [5.74, 6) is 0.869. The van der Waals surface area contributed by atoms with Crippen LogP contribution in [0.5, 0.6) is 0 Å². The lowest BCUT2D eigenvalue weighted by molar-refractivity contribution is -0.131. The number of carbonyl (C=O) groups excluding carboxylic acids is 2. The van der Waals surface area contributed by atoms with Crippen molar-refractivity contribution in [2.45, 2.75) is 24.1 Å². The normalized spacial score (nSPS) is 18.1. The van der Waals surface area contributed by atoms with E-state index in [1.165, 1.54) is 5.56 Å². The lowest BCUT2D eigenvalue weighted by Gasteiger charge is -2.44. The zero-order chi connectivity index (χ0) is 21.3. The molecule has 3 aromatic carbocycles. The van der Waals surface area contributed by atoms with Crippen LogP contribution in [0.4, 0.5) is 0 Å². The number of rotatable bonds is 4. The molecule has 0 saturated carbocycles. The number of likely N-dealkylation sites (tertiary alicyclic amines) is 1. The molecule has 4 nitrogen and oxygen atoms in total. The third-order valence-corrected chi connectivity index (χ3v) is 8.11. The Labute approximate surface area is 187 Å². The summed E-state index contributed by atoms with van der Waals surface area (Å²) in [6.45, 7) is 2.12. The maximum Gasteiger partial charge on any atom is 0.253 e. The number of amides is 2. The van der Waals surface area contributed by atoms with E-state index in [0.29, 0.717) is 18.8 Å². The van der Waals surface area contributed by atoms with Crippen LogP contribution in [0.3, 0.4) is 0 Å². The van der Waals surface area contributed by atoms with Crippen LogP contribution in [-0.2, 0) is 11.2 Å². The predicted molar refractivity (Wildman–Crippen MR) is 126 cm³/mol. The van der Waals surface area contributed by atoms with Gasteiger partial charge >= 0.3 is 0 Å². The third kappa shape index (κ3) is 3.94. The molecule has 3 aromatic rings. The second-order valence-corrected chi connectivity index (χ2v) is 9.71. The van der Waals surface area contributed by atoms with Crippen molar-refractivity contribution in [3.05, 3.63) is 83.9 Å². The first-order valence-electron chi connectivity index (χ1n) is 10.9. The van der Waals surface area contributed by atoms with Crippen LogP contribution < -0.4 is 0 Å². The molecule has 0 aliphatic carbocycles.